The highest BCUT2D eigenvalue weighted by atomic mass is 16.6. The van der Waals surface area contributed by atoms with Crippen LogP contribution in [0.1, 0.15) is 26.3 Å². The Balaban J connectivity index is 2.53. The lowest BCUT2D eigenvalue weighted by Crippen LogP contribution is -2.33. The minimum Gasteiger partial charge on any atom is -0.444 e. The number of hydrogen-bond acceptors (Lipinski definition) is 3. The number of pyridine rings is 1. The molecule has 0 spiro atoms. The third kappa shape index (κ3) is 4.29. The van der Waals surface area contributed by atoms with Crippen molar-refractivity contribution in [1.82, 2.24) is 9.88 Å². The first kappa shape index (κ1) is 12.5. The first-order valence-corrected chi connectivity index (χ1v) is 5.21. The Morgan fingerprint density at radius 2 is 1.94 bits per heavy atom. The molecular weight excluding hydrogens is 204 g/mol. The van der Waals surface area contributed by atoms with Gasteiger partial charge < -0.3 is 9.64 Å². The Morgan fingerprint density at radius 3 is 2.44 bits per heavy atom. The molecule has 1 aromatic rings. The van der Waals surface area contributed by atoms with Gasteiger partial charge in [0.15, 0.2) is 0 Å². The van der Waals surface area contributed by atoms with Crippen molar-refractivity contribution in [3.05, 3.63) is 30.1 Å². The lowest BCUT2D eigenvalue weighted by atomic mass is 10.2. The van der Waals surface area contributed by atoms with Crippen LogP contribution in [0.15, 0.2) is 24.5 Å². The Morgan fingerprint density at radius 1 is 1.38 bits per heavy atom. The summed E-state index contributed by atoms with van der Waals surface area (Å²) in [4.78, 5) is 17.1. The average molecular weight is 222 g/mol. The topological polar surface area (TPSA) is 42.4 Å². The van der Waals surface area contributed by atoms with Gasteiger partial charge in [-0.2, -0.15) is 0 Å². The number of nitrogens with zero attached hydrogens (tertiary/aromatic N) is 2. The number of hydrogen-bond donors (Lipinski definition) is 0. The van der Waals surface area contributed by atoms with Crippen LogP contribution in [0.25, 0.3) is 0 Å². The molecular formula is C12H18N2O2. The summed E-state index contributed by atoms with van der Waals surface area (Å²) < 4.78 is 5.24. The fourth-order valence-electron chi connectivity index (χ4n) is 1.17. The van der Waals surface area contributed by atoms with Gasteiger partial charge in [-0.3, -0.25) is 4.98 Å². The Hall–Kier alpha value is -1.58. The minimum absolute atomic E-state index is 0.315. The average Bonchev–Trinajstić information content (AvgIpc) is 2.16. The van der Waals surface area contributed by atoms with Crippen LogP contribution in [0, 0.1) is 0 Å². The number of carbonyl (C=O) groups is 1. The summed E-state index contributed by atoms with van der Waals surface area (Å²) >= 11 is 0. The van der Waals surface area contributed by atoms with Gasteiger partial charge in [0.1, 0.15) is 5.60 Å². The van der Waals surface area contributed by atoms with Gasteiger partial charge in [0.25, 0.3) is 0 Å². The summed E-state index contributed by atoms with van der Waals surface area (Å²) in [6.45, 7) is 6.08. The first-order chi connectivity index (χ1) is 7.38. The van der Waals surface area contributed by atoms with Crippen molar-refractivity contribution in [3.63, 3.8) is 0 Å². The molecule has 0 aliphatic heterocycles. The normalized spacial score (nSPS) is 11.0. The van der Waals surface area contributed by atoms with E-state index in [1.165, 1.54) is 0 Å². The van der Waals surface area contributed by atoms with E-state index in [0.717, 1.165) is 5.56 Å². The summed E-state index contributed by atoms with van der Waals surface area (Å²) in [5.74, 6) is 0. The second-order valence-corrected chi connectivity index (χ2v) is 4.69. The van der Waals surface area contributed by atoms with E-state index in [-0.39, 0.29) is 6.09 Å². The highest BCUT2D eigenvalue weighted by Crippen LogP contribution is 2.10. The van der Waals surface area contributed by atoms with E-state index in [1.807, 2.05) is 32.9 Å². The number of rotatable bonds is 2. The van der Waals surface area contributed by atoms with Crippen molar-refractivity contribution in [3.8, 4) is 0 Å². The highest BCUT2D eigenvalue weighted by Gasteiger charge is 2.19. The maximum atomic E-state index is 11.7. The van der Waals surface area contributed by atoms with Crippen LogP contribution in [0.5, 0.6) is 0 Å². The monoisotopic (exact) mass is 222 g/mol. The van der Waals surface area contributed by atoms with Crippen LogP contribution in [-0.4, -0.2) is 28.6 Å². The third-order valence-corrected chi connectivity index (χ3v) is 1.87. The molecule has 0 atom stereocenters. The molecule has 0 saturated heterocycles. The van der Waals surface area contributed by atoms with E-state index in [4.69, 9.17) is 4.74 Å². The first-order valence-electron chi connectivity index (χ1n) is 5.21. The molecule has 1 heterocycles. The number of carbonyl (C=O) groups excluding carboxylic acids is 1. The summed E-state index contributed by atoms with van der Waals surface area (Å²) in [5.41, 5.74) is 0.576. The number of ether oxygens (including phenoxy) is 1. The molecule has 0 N–H and O–H groups in total. The van der Waals surface area contributed by atoms with Gasteiger partial charge in [-0.05, 0) is 38.5 Å². The molecule has 0 aliphatic carbocycles. The van der Waals surface area contributed by atoms with Crippen LogP contribution in [0.3, 0.4) is 0 Å². The summed E-state index contributed by atoms with van der Waals surface area (Å²) in [7, 11) is 1.72. The Kier molecular flexibility index (Phi) is 3.88. The van der Waals surface area contributed by atoms with E-state index < -0.39 is 5.60 Å². The molecule has 16 heavy (non-hydrogen) atoms. The predicted molar refractivity (Wildman–Crippen MR) is 61.9 cm³/mol. The van der Waals surface area contributed by atoms with Gasteiger partial charge in [0, 0.05) is 26.0 Å². The molecule has 0 aliphatic rings. The molecule has 4 nitrogen and oxygen atoms in total. The van der Waals surface area contributed by atoms with Gasteiger partial charge in [0.2, 0.25) is 0 Å². The molecule has 88 valence electrons. The molecule has 1 amide bonds. The fourth-order valence-corrected chi connectivity index (χ4v) is 1.17. The smallest absolute Gasteiger partial charge is 0.410 e. The standard InChI is InChI=1S/C12H18N2O2/c1-12(2,3)16-11(15)14(4)9-10-5-7-13-8-6-10/h5-8H,9H2,1-4H3. The van der Waals surface area contributed by atoms with Crippen LogP contribution >= 0.6 is 0 Å². The van der Waals surface area contributed by atoms with Gasteiger partial charge in [-0.15, -0.1) is 0 Å². The second-order valence-electron chi connectivity index (χ2n) is 4.69. The fraction of sp³-hybridized carbons (Fsp3) is 0.500. The highest BCUT2D eigenvalue weighted by molar-refractivity contribution is 5.67. The SMILES string of the molecule is CN(Cc1ccncc1)C(=O)OC(C)(C)C. The van der Waals surface area contributed by atoms with Gasteiger partial charge in [-0.1, -0.05) is 0 Å². The van der Waals surface area contributed by atoms with Crippen molar-refractivity contribution in [2.45, 2.75) is 32.9 Å². The molecule has 4 heteroatoms. The van der Waals surface area contributed by atoms with Crippen LogP contribution in [0.2, 0.25) is 0 Å². The lowest BCUT2D eigenvalue weighted by Gasteiger charge is -2.24. The molecule has 0 unspecified atom stereocenters. The van der Waals surface area contributed by atoms with Crippen LogP contribution in [0.4, 0.5) is 4.79 Å². The van der Waals surface area contributed by atoms with E-state index in [9.17, 15) is 4.79 Å². The van der Waals surface area contributed by atoms with Gasteiger partial charge >= 0.3 is 6.09 Å². The second kappa shape index (κ2) is 4.96. The lowest BCUT2D eigenvalue weighted by molar-refractivity contribution is 0.0285. The van der Waals surface area contributed by atoms with E-state index >= 15 is 0 Å². The van der Waals surface area contributed by atoms with Crippen molar-refractivity contribution in [2.75, 3.05) is 7.05 Å². The molecule has 1 aromatic heterocycles. The molecule has 0 bridgehead atoms. The molecule has 0 radical (unpaired) electrons. The van der Waals surface area contributed by atoms with Crippen molar-refractivity contribution in [1.29, 1.82) is 0 Å². The summed E-state index contributed by atoms with van der Waals surface area (Å²) in [5, 5.41) is 0. The maximum absolute atomic E-state index is 11.7. The van der Waals surface area contributed by atoms with Gasteiger partial charge in [-0.25, -0.2) is 4.79 Å². The summed E-state index contributed by atoms with van der Waals surface area (Å²) in [6.07, 6.45) is 3.10. The van der Waals surface area contributed by atoms with E-state index in [1.54, 1.807) is 24.3 Å². The van der Waals surface area contributed by atoms with Crippen LogP contribution < -0.4 is 0 Å². The Bertz CT molecular complexity index is 344. The number of amides is 1. The molecule has 0 aromatic carbocycles. The largest absolute Gasteiger partial charge is 0.444 e. The predicted octanol–water partition coefficient (Wildman–Crippen LogP) is 2.45. The molecule has 0 saturated carbocycles. The Labute approximate surface area is 96.2 Å². The third-order valence-electron chi connectivity index (χ3n) is 1.87. The van der Waals surface area contributed by atoms with Crippen molar-refractivity contribution < 1.29 is 9.53 Å². The summed E-state index contributed by atoms with van der Waals surface area (Å²) in [6, 6.07) is 3.75. The maximum Gasteiger partial charge on any atom is 0.410 e. The van der Waals surface area contributed by atoms with Gasteiger partial charge in [0.05, 0.1) is 0 Å². The molecule has 1 rings (SSSR count). The van der Waals surface area contributed by atoms with Crippen molar-refractivity contribution >= 4 is 6.09 Å². The van der Waals surface area contributed by atoms with Crippen molar-refractivity contribution in [2.24, 2.45) is 0 Å². The van der Waals surface area contributed by atoms with E-state index in [0.29, 0.717) is 6.54 Å². The zero-order valence-electron chi connectivity index (χ0n) is 10.2. The van der Waals surface area contributed by atoms with E-state index in [2.05, 4.69) is 4.98 Å². The quantitative estimate of drug-likeness (QED) is 0.771. The zero-order chi connectivity index (χ0) is 12.2. The molecule has 0 fully saturated rings. The van der Waals surface area contributed by atoms with Crippen LogP contribution in [-0.2, 0) is 11.3 Å². The number of aromatic nitrogens is 1. The minimum atomic E-state index is -0.455. The zero-order valence-corrected chi connectivity index (χ0v) is 10.2.